The number of halogens is 2. The molecule has 0 amide bonds. The molecule has 0 bridgehead atoms. The predicted molar refractivity (Wildman–Crippen MR) is 109 cm³/mol. The molecular weight excluding hydrogens is 375 g/mol. The van der Waals surface area contributed by atoms with Gasteiger partial charge < -0.3 is 4.90 Å². The molecule has 130 valence electrons. The van der Waals surface area contributed by atoms with Gasteiger partial charge in [0.1, 0.15) is 0 Å². The number of aliphatic imine (C=N–C) groups is 1. The highest BCUT2D eigenvalue weighted by Crippen LogP contribution is 2.26. The van der Waals surface area contributed by atoms with E-state index in [1.54, 1.807) is 30.0 Å². The average Bonchev–Trinajstić information content (AvgIpc) is 2.62. The van der Waals surface area contributed by atoms with Gasteiger partial charge in [-0.1, -0.05) is 47.1 Å². The summed E-state index contributed by atoms with van der Waals surface area (Å²) in [6.45, 7) is 3.05. The second kappa shape index (κ2) is 8.26. The van der Waals surface area contributed by atoms with E-state index in [1.165, 1.54) is 0 Å². The number of thioether (sulfide) groups is 1. The Morgan fingerprint density at radius 2 is 2.04 bits per heavy atom. The highest BCUT2D eigenvalue weighted by atomic mass is 35.5. The quantitative estimate of drug-likeness (QED) is 0.645. The Labute approximate surface area is 162 Å². The highest BCUT2D eigenvalue weighted by molar-refractivity contribution is 8.14. The molecule has 0 radical (unpaired) electrons. The van der Waals surface area contributed by atoms with Crippen LogP contribution in [0.4, 0.5) is 5.69 Å². The SMILES string of the molecule is Cc1cccc(N(CC(=O)c2ccc(Cl)c(Cl)c2)C2=NCCCS2)c1. The van der Waals surface area contributed by atoms with Crippen LogP contribution in [0.15, 0.2) is 47.5 Å². The van der Waals surface area contributed by atoms with Gasteiger partial charge in [0.2, 0.25) is 0 Å². The fraction of sp³-hybridized carbons (Fsp3) is 0.263. The number of carbonyl (C=O) groups excluding carboxylic acids is 1. The first-order valence-corrected chi connectivity index (χ1v) is 9.78. The van der Waals surface area contributed by atoms with Crippen molar-refractivity contribution in [1.29, 1.82) is 0 Å². The van der Waals surface area contributed by atoms with Crippen molar-refractivity contribution >= 4 is 51.6 Å². The van der Waals surface area contributed by atoms with Gasteiger partial charge in [-0.05, 0) is 49.2 Å². The predicted octanol–water partition coefficient (Wildman–Crippen LogP) is 5.48. The molecule has 0 aliphatic carbocycles. The average molecular weight is 393 g/mol. The molecule has 2 aromatic rings. The lowest BCUT2D eigenvalue weighted by molar-refractivity contribution is 0.100. The monoisotopic (exact) mass is 392 g/mol. The van der Waals surface area contributed by atoms with Crippen molar-refractivity contribution in [1.82, 2.24) is 0 Å². The molecule has 3 nitrogen and oxygen atoms in total. The molecule has 0 saturated carbocycles. The zero-order valence-corrected chi connectivity index (χ0v) is 16.2. The van der Waals surface area contributed by atoms with Gasteiger partial charge in [0.15, 0.2) is 11.0 Å². The number of benzene rings is 2. The Kier molecular flexibility index (Phi) is 6.05. The van der Waals surface area contributed by atoms with E-state index in [0.29, 0.717) is 15.6 Å². The Morgan fingerprint density at radius 3 is 2.72 bits per heavy atom. The number of hydrogen-bond donors (Lipinski definition) is 0. The van der Waals surface area contributed by atoms with Crippen LogP contribution in [0, 0.1) is 6.92 Å². The van der Waals surface area contributed by atoms with Crippen molar-refractivity contribution < 1.29 is 4.79 Å². The van der Waals surface area contributed by atoms with Crippen molar-refractivity contribution in [3.8, 4) is 0 Å². The fourth-order valence-corrected chi connectivity index (χ4v) is 3.84. The zero-order valence-electron chi connectivity index (χ0n) is 13.8. The number of Topliss-reactive ketones (excluding diaryl/α,β-unsaturated/α-hetero) is 1. The van der Waals surface area contributed by atoms with Crippen LogP contribution in [-0.4, -0.2) is 29.8 Å². The van der Waals surface area contributed by atoms with Crippen LogP contribution in [0.5, 0.6) is 0 Å². The lowest BCUT2D eigenvalue weighted by Gasteiger charge is -2.27. The first kappa shape index (κ1) is 18.3. The standard InChI is InChI=1S/C19H18Cl2N2OS/c1-13-4-2-5-15(10-13)23(19-22-8-3-9-25-19)12-18(24)14-6-7-16(20)17(21)11-14/h2,4-7,10-11H,3,8-9,12H2,1H3. The van der Waals surface area contributed by atoms with E-state index in [-0.39, 0.29) is 12.3 Å². The maximum absolute atomic E-state index is 12.8. The molecule has 3 rings (SSSR count). The van der Waals surface area contributed by atoms with Gasteiger partial charge in [0, 0.05) is 23.5 Å². The normalized spacial score (nSPS) is 14.1. The molecule has 1 aliphatic rings. The summed E-state index contributed by atoms with van der Waals surface area (Å²) in [5.74, 6) is 0.996. The molecule has 0 fully saturated rings. The third kappa shape index (κ3) is 4.57. The van der Waals surface area contributed by atoms with E-state index in [4.69, 9.17) is 23.2 Å². The van der Waals surface area contributed by atoms with Crippen LogP contribution in [0.3, 0.4) is 0 Å². The number of aryl methyl sites for hydroxylation is 1. The molecular formula is C19H18Cl2N2OS. The molecule has 0 aromatic heterocycles. The minimum Gasteiger partial charge on any atom is -0.313 e. The van der Waals surface area contributed by atoms with Gasteiger partial charge in [0.25, 0.3) is 0 Å². The van der Waals surface area contributed by atoms with E-state index in [9.17, 15) is 4.79 Å². The maximum Gasteiger partial charge on any atom is 0.182 e. The molecule has 0 N–H and O–H groups in total. The summed E-state index contributed by atoms with van der Waals surface area (Å²) in [6.07, 6.45) is 1.07. The number of nitrogens with zero attached hydrogens (tertiary/aromatic N) is 2. The summed E-state index contributed by atoms with van der Waals surface area (Å²) in [6, 6.07) is 13.1. The van der Waals surface area contributed by atoms with Crippen LogP contribution in [0.1, 0.15) is 22.3 Å². The number of ketones is 1. The van der Waals surface area contributed by atoms with E-state index >= 15 is 0 Å². The van der Waals surface area contributed by atoms with E-state index in [1.807, 2.05) is 30.0 Å². The summed E-state index contributed by atoms with van der Waals surface area (Å²) in [5, 5.41) is 1.73. The van der Waals surface area contributed by atoms with E-state index in [2.05, 4.69) is 11.1 Å². The Hall–Kier alpha value is -1.49. The van der Waals surface area contributed by atoms with Crippen LogP contribution in [0.2, 0.25) is 10.0 Å². The van der Waals surface area contributed by atoms with Gasteiger partial charge in [-0.2, -0.15) is 0 Å². The molecule has 6 heteroatoms. The lowest BCUT2D eigenvalue weighted by atomic mass is 10.1. The lowest BCUT2D eigenvalue weighted by Crippen LogP contribution is -2.35. The number of anilines is 1. The molecule has 25 heavy (non-hydrogen) atoms. The third-order valence-corrected chi connectivity index (χ3v) is 5.71. The van der Waals surface area contributed by atoms with Crippen LogP contribution < -0.4 is 4.90 Å². The van der Waals surface area contributed by atoms with E-state index < -0.39 is 0 Å². The second-order valence-corrected chi connectivity index (χ2v) is 7.72. The summed E-state index contributed by atoms with van der Waals surface area (Å²) >= 11 is 13.7. The van der Waals surface area contributed by atoms with E-state index in [0.717, 1.165) is 35.1 Å². The smallest absolute Gasteiger partial charge is 0.182 e. The molecule has 0 spiro atoms. The van der Waals surface area contributed by atoms with Crippen LogP contribution in [-0.2, 0) is 0 Å². The Balaban J connectivity index is 1.90. The highest BCUT2D eigenvalue weighted by Gasteiger charge is 2.21. The molecule has 0 atom stereocenters. The first-order valence-electron chi connectivity index (χ1n) is 8.04. The first-order chi connectivity index (χ1) is 12.0. The largest absolute Gasteiger partial charge is 0.313 e. The van der Waals surface area contributed by atoms with Gasteiger partial charge in [-0.3, -0.25) is 9.79 Å². The van der Waals surface area contributed by atoms with Gasteiger partial charge in [-0.25, -0.2) is 0 Å². The summed E-state index contributed by atoms with van der Waals surface area (Å²) in [7, 11) is 0. The molecule has 2 aromatic carbocycles. The molecule has 1 aliphatic heterocycles. The number of rotatable bonds is 4. The van der Waals surface area contributed by atoms with Crippen LogP contribution in [0.25, 0.3) is 0 Å². The van der Waals surface area contributed by atoms with Gasteiger partial charge in [-0.15, -0.1) is 0 Å². The molecule has 0 unspecified atom stereocenters. The second-order valence-electron chi connectivity index (χ2n) is 5.84. The maximum atomic E-state index is 12.8. The van der Waals surface area contributed by atoms with Gasteiger partial charge >= 0.3 is 0 Å². The number of hydrogen-bond acceptors (Lipinski definition) is 4. The van der Waals surface area contributed by atoms with Crippen molar-refractivity contribution in [2.45, 2.75) is 13.3 Å². The summed E-state index contributed by atoms with van der Waals surface area (Å²) in [4.78, 5) is 19.4. The molecule has 1 heterocycles. The minimum atomic E-state index is -0.0195. The third-order valence-electron chi connectivity index (χ3n) is 3.87. The van der Waals surface area contributed by atoms with Gasteiger partial charge in [0.05, 0.1) is 16.6 Å². The summed E-state index contributed by atoms with van der Waals surface area (Å²) in [5.41, 5.74) is 2.67. The van der Waals surface area contributed by atoms with Crippen molar-refractivity contribution in [2.24, 2.45) is 4.99 Å². The van der Waals surface area contributed by atoms with Crippen LogP contribution >= 0.6 is 35.0 Å². The molecule has 0 saturated heterocycles. The van der Waals surface area contributed by atoms with Crippen molar-refractivity contribution in [3.63, 3.8) is 0 Å². The number of amidine groups is 1. The minimum absolute atomic E-state index is 0.0195. The van der Waals surface area contributed by atoms with Crippen molar-refractivity contribution in [2.75, 3.05) is 23.7 Å². The van der Waals surface area contributed by atoms with Crippen molar-refractivity contribution in [3.05, 3.63) is 63.6 Å². The Morgan fingerprint density at radius 1 is 1.20 bits per heavy atom. The number of carbonyl (C=O) groups is 1. The Bertz CT molecular complexity index is 823. The zero-order chi connectivity index (χ0) is 17.8. The summed E-state index contributed by atoms with van der Waals surface area (Å²) < 4.78 is 0. The fourth-order valence-electron chi connectivity index (χ4n) is 2.58. The topological polar surface area (TPSA) is 32.7 Å².